The largest absolute Gasteiger partial charge is 0.454 e. The molecule has 6 heteroatoms. The Morgan fingerprint density at radius 2 is 1.57 bits per heavy atom. The summed E-state index contributed by atoms with van der Waals surface area (Å²) in [5.74, 6) is 0.789. The number of hydrogen-bond acceptors (Lipinski definition) is 4. The molecule has 0 unspecified atom stereocenters. The molecule has 0 N–H and O–H groups in total. The van der Waals surface area contributed by atoms with Crippen molar-refractivity contribution < 1.29 is 13.6 Å². The lowest BCUT2D eigenvalue weighted by molar-refractivity contribution is 0.205. The maximum atomic E-state index is 12.4. The Labute approximate surface area is 144 Å². The van der Waals surface area contributed by atoms with Crippen LogP contribution in [0, 0.1) is 0 Å². The van der Waals surface area contributed by atoms with E-state index in [4.69, 9.17) is 9.05 Å². The quantitative estimate of drug-likeness (QED) is 0.267. The zero-order valence-corrected chi connectivity index (χ0v) is 16.1. The number of hydrogen-bond donors (Lipinski definition) is 0. The summed E-state index contributed by atoms with van der Waals surface area (Å²) >= 11 is 1.50. The van der Waals surface area contributed by atoms with Gasteiger partial charge in [-0.25, -0.2) is 4.57 Å². The average molecular weight is 357 g/mol. The molecule has 0 amide bonds. The van der Waals surface area contributed by atoms with Gasteiger partial charge in [0.25, 0.3) is 0 Å². The van der Waals surface area contributed by atoms with Gasteiger partial charge in [-0.15, -0.1) is 11.8 Å². The summed E-state index contributed by atoms with van der Waals surface area (Å²) in [6.07, 6.45) is 3.84. The molecular formula is C17H28NO3PS. The van der Waals surface area contributed by atoms with Crippen LogP contribution in [0.1, 0.15) is 51.2 Å². The smallest absolute Gasteiger partial charge is 0.291 e. The molecule has 0 aliphatic carbocycles. The Morgan fingerprint density at radius 3 is 2.09 bits per heavy atom. The first-order valence-corrected chi connectivity index (χ1v) is 10.8. The summed E-state index contributed by atoms with van der Waals surface area (Å²) < 4.78 is 27.0. The van der Waals surface area contributed by atoms with Gasteiger partial charge in [0.2, 0.25) is 0 Å². The first-order valence-electron chi connectivity index (χ1n) is 8.26. The second-order valence-corrected chi connectivity index (χ2v) is 7.75. The van der Waals surface area contributed by atoms with E-state index in [1.165, 1.54) is 22.9 Å². The third-order valence-electron chi connectivity index (χ3n) is 2.99. The van der Waals surface area contributed by atoms with E-state index in [9.17, 15) is 4.57 Å². The fourth-order valence-electron chi connectivity index (χ4n) is 1.83. The Kier molecular flexibility index (Phi) is 10.5. The van der Waals surface area contributed by atoms with Gasteiger partial charge in [-0.1, -0.05) is 51.5 Å². The van der Waals surface area contributed by atoms with Crippen molar-refractivity contribution in [2.75, 3.05) is 13.2 Å². The number of rotatable bonds is 12. The van der Waals surface area contributed by atoms with E-state index in [0.29, 0.717) is 13.2 Å². The van der Waals surface area contributed by atoms with Crippen molar-refractivity contribution in [1.82, 2.24) is 0 Å². The molecule has 0 heterocycles. The van der Waals surface area contributed by atoms with E-state index >= 15 is 0 Å². The van der Waals surface area contributed by atoms with Crippen LogP contribution >= 0.6 is 19.5 Å². The van der Waals surface area contributed by atoms with E-state index in [2.05, 4.69) is 36.0 Å². The van der Waals surface area contributed by atoms with Crippen LogP contribution in [0.25, 0.3) is 0 Å². The van der Waals surface area contributed by atoms with Crippen LogP contribution in [0.15, 0.2) is 29.0 Å². The van der Waals surface area contributed by atoms with Crippen LogP contribution in [0.4, 0.5) is 0 Å². The molecule has 0 saturated carbocycles. The second kappa shape index (κ2) is 11.9. The molecule has 0 radical (unpaired) electrons. The third kappa shape index (κ3) is 8.71. The standard InChI is InChI=1S/C17H28NO3PS/c1-4-7-16-8-10-17(11-9-16)14-23-15-18-22(19,20-12-5-2)21-13-6-3/h8-11,15H,4-7,12-14H2,1-3H3. The predicted octanol–water partition coefficient (Wildman–Crippen LogP) is 5.86. The minimum atomic E-state index is -3.34. The third-order valence-corrected chi connectivity index (χ3v) is 5.32. The van der Waals surface area contributed by atoms with Crippen molar-refractivity contribution >= 4 is 25.1 Å². The molecule has 1 rings (SSSR count). The van der Waals surface area contributed by atoms with E-state index in [0.717, 1.165) is 31.4 Å². The molecule has 4 nitrogen and oxygen atoms in total. The highest BCUT2D eigenvalue weighted by Crippen LogP contribution is 2.50. The van der Waals surface area contributed by atoms with Gasteiger partial charge in [0.1, 0.15) is 0 Å². The molecule has 130 valence electrons. The molecule has 0 aliphatic heterocycles. The topological polar surface area (TPSA) is 47.9 Å². The molecule has 1 aromatic carbocycles. The first-order chi connectivity index (χ1) is 11.1. The monoisotopic (exact) mass is 357 g/mol. The van der Waals surface area contributed by atoms with Crippen molar-refractivity contribution in [3.63, 3.8) is 0 Å². The van der Waals surface area contributed by atoms with Crippen molar-refractivity contribution in [3.8, 4) is 0 Å². The Bertz CT molecular complexity index is 493. The molecule has 0 atom stereocenters. The zero-order chi connectivity index (χ0) is 17.0. The lowest BCUT2D eigenvalue weighted by atomic mass is 10.1. The van der Waals surface area contributed by atoms with E-state index < -0.39 is 7.75 Å². The SMILES string of the molecule is CCCOP(=O)(N=CSCc1ccc(CCC)cc1)OCCC. The van der Waals surface area contributed by atoms with Gasteiger partial charge < -0.3 is 0 Å². The fourth-order valence-corrected chi connectivity index (χ4v) is 4.06. The van der Waals surface area contributed by atoms with Gasteiger partial charge >= 0.3 is 7.75 Å². The van der Waals surface area contributed by atoms with Crippen molar-refractivity contribution in [1.29, 1.82) is 0 Å². The van der Waals surface area contributed by atoms with Gasteiger partial charge in [-0.3, -0.25) is 9.05 Å². The number of nitrogens with zero attached hydrogens (tertiary/aromatic N) is 1. The lowest BCUT2D eigenvalue weighted by Gasteiger charge is -2.12. The normalized spacial score (nSPS) is 12.1. The van der Waals surface area contributed by atoms with Crippen LogP contribution in [0.5, 0.6) is 0 Å². The summed E-state index contributed by atoms with van der Waals surface area (Å²) in [5.41, 5.74) is 4.17. The van der Waals surface area contributed by atoms with Gasteiger partial charge in [-0.2, -0.15) is 4.76 Å². The highest BCUT2D eigenvalue weighted by Gasteiger charge is 2.22. The maximum absolute atomic E-state index is 12.4. The number of benzene rings is 1. The van der Waals surface area contributed by atoms with E-state index in [1.807, 2.05) is 13.8 Å². The van der Waals surface area contributed by atoms with Gasteiger partial charge in [-0.05, 0) is 30.4 Å². The van der Waals surface area contributed by atoms with E-state index in [-0.39, 0.29) is 0 Å². The molecule has 0 bridgehead atoms. The van der Waals surface area contributed by atoms with Gasteiger partial charge in [0.15, 0.2) is 0 Å². The maximum Gasteiger partial charge on any atom is 0.454 e. The first kappa shape index (κ1) is 20.4. The minimum Gasteiger partial charge on any atom is -0.291 e. The number of aryl methyl sites for hydroxylation is 1. The summed E-state index contributed by atoms with van der Waals surface area (Å²) in [6.45, 7) is 6.89. The highest BCUT2D eigenvalue weighted by atomic mass is 32.2. The van der Waals surface area contributed by atoms with Gasteiger partial charge in [0.05, 0.1) is 18.8 Å². The van der Waals surface area contributed by atoms with Crippen LogP contribution in [0.2, 0.25) is 0 Å². The summed E-state index contributed by atoms with van der Waals surface area (Å²) in [6, 6.07) is 8.59. The number of thioether (sulfide) groups is 1. The fraction of sp³-hybridized carbons (Fsp3) is 0.588. The van der Waals surface area contributed by atoms with E-state index in [1.54, 1.807) is 5.55 Å². The van der Waals surface area contributed by atoms with Crippen LogP contribution < -0.4 is 0 Å². The summed E-state index contributed by atoms with van der Waals surface area (Å²) in [4.78, 5) is 0. The molecule has 0 spiro atoms. The molecule has 0 saturated heterocycles. The van der Waals surface area contributed by atoms with Crippen molar-refractivity contribution in [3.05, 3.63) is 35.4 Å². The van der Waals surface area contributed by atoms with Crippen LogP contribution in [0.3, 0.4) is 0 Å². The molecule has 1 aromatic rings. The predicted molar refractivity (Wildman–Crippen MR) is 100 cm³/mol. The summed E-state index contributed by atoms with van der Waals surface area (Å²) in [5, 5.41) is 0. The molecule has 0 aliphatic rings. The van der Waals surface area contributed by atoms with Crippen molar-refractivity contribution in [2.45, 2.75) is 52.2 Å². The Balaban J connectivity index is 2.49. The molecule has 0 fully saturated rings. The Morgan fingerprint density at radius 1 is 1.00 bits per heavy atom. The van der Waals surface area contributed by atoms with Crippen molar-refractivity contribution in [2.24, 2.45) is 4.76 Å². The molecular weight excluding hydrogens is 329 g/mol. The van der Waals surface area contributed by atoms with Crippen LogP contribution in [-0.2, 0) is 25.8 Å². The second-order valence-electron chi connectivity index (χ2n) is 5.23. The zero-order valence-electron chi connectivity index (χ0n) is 14.4. The minimum absolute atomic E-state index is 0.391. The average Bonchev–Trinajstić information content (AvgIpc) is 2.57. The van der Waals surface area contributed by atoms with Gasteiger partial charge in [0, 0.05) is 5.75 Å². The molecule has 0 aromatic heterocycles. The highest BCUT2D eigenvalue weighted by molar-refractivity contribution is 8.11. The lowest BCUT2D eigenvalue weighted by Crippen LogP contribution is -1.96. The molecule has 23 heavy (non-hydrogen) atoms. The van der Waals surface area contributed by atoms with Crippen LogP contribution in [-0.4, -0.2) is 18.8 Å². The Hall–Kier alpha value is -0.610. The summed E-state index contributed by atoms with van der Waals surface area (Å²) in [7, 11) is -3.34.